The molecule has 0 aromatic heterocycles. The molecule has 0 bridgehead atoms. The van der Waals surface area contributed by atoms with E-state index >= 15 is 0 Å². The summed E-state index contributed by atoms with van der Waals surface area (Å²) in [6.07, 6.45) is -0.0648. The average molecular weight is 522 g/mol. The number of rotatable bonds is 8. The van der Waals surface area contributed by atoms with E-state index in [4.69, 9.17) is 14.2 Å². The van der Waals surface area contributed by atoms with Crippen molar-refractivity contribution in [2.75, 3.05) is 18.7 Å². The normalized spacial score (nSPS) is 17.4. The number of nitrogens with one attached hydrogen (secondary N) is 1. The van der Waals surface area contributed by atoms with Gasteiger partial charge >= 0.3 is 0 Å². The molecule has 10 heteroatoms. The number of halogens is 1. The fourth-order valence-electron chi connectivity index (χ4n) is 3.92. The standard InChI is InChI=1S/C27H24FN3O5S/c1-2-34-19-10-8-18(9-11-19)29-25(32)14-24-26(33)31(15-17-7-12-22-23(13-17)36-16-35-22)27(37-24)30-21-6-4-3-5-20(21)28/h3-13,24H,2,14-16H2,1H3,(H,29,32). The van der Waals surface area contributed by atoms with E-state index in [-0.39, 0.29) is 37.3 Å². The van der Waals surface area contributed by atoms with Crippen LogP contribution in [0.5, 0.6) is 17.2 Å². The number of anilines is 1. The zero-order valence-corrected chi connectivity index (χ0v) is 20.8. The molecule has 0 radical (unpaired) electrons. The van der Waals surface area contributed by atoms with Crippen LogP contribution in [-0.4, -0.2) is 40.5 Å². The van der Waals surface area contributed by atoms with Gasteiger partial charge in [-0.1, -0.05) is 30.0 Å². The number of hydrogen-bond acceptors (Lipinski definition) is 7. The van der Waals surface area contributed by atoms with E-state index in [9.17, 15) is 14.0 Å². The summed E-state index contributed by atoms with van der Waals surface area (Å²) < 4.78 is 30.6. The number of para-hydroxylation sites is 1. The molecule has 3 aromatic carbocycles. The third-order valence-corrected chi connectivity index (χ3v) is 6.86. The molecule has 2 aliphatic heterocycles. The van der Waals surface area contributed by atoms with Crippen LogP contribution in [-0.2, 0) is 16.1 Å². The van der Waals surface area contributed by atoms with Crippen LogP contribution in [0.4, 0.5) is 15.8 Å². The van der Waals surface area contributed by atoms with Crippen molar-refractivity contribution in [1.82, 2.24) is 4.90 Å². The fourth-order valence-corrected chi connectivity index (χ4v) is 5.07. The molecule has 1 fully saturated rings. The minimum Gasteiger partial charge on any atom is -0.494 e. The summed E-state index contributed by atoms with van der Waals surface area (Å²) in [6, 6.07) is 18.5. The second-order valence-electron chi connectivity index (χ2n) is 8.27. The molecule has 8 nitrogen and oxygen atoms in total. The maximum absolute atomic E-state index is 14.3. The minimum absolute atomic E-state index is 0.0648. The summed E-state index contributed by atoms with van der Waals surface area (Å²) in [7, 11) is 0. The lowest BCUT2D eigenvalue weighted by atomic mass is 10.1. The van der Waals surface area contributed by atoms with Crippen molar-refractivity contribution in [2.24, 2.45) is 4.99 Å². The van der Waals surface area contributed by atoms with Gasteiger partial charge in [-0.2, -0.15) is 0 Å². The predicted molar refractivity (Wildman–Crippen MR) is 139 cm³/mol. The molecule has 1 unspecified atom stereocenters. The van der Waals surface area contributed by atoms with Crippen LogP contribution >= 0.6 is 11.8 Å². The van der Waals surface area contributed by atoms with Crippen molar-refractivity contribution < 1.29 is 28.2 Å². The molecule has 0 saturated carbocycles. The van der Waals surface area contributed by atoms with Gasteiger partial charge in [-0.3, -0.25) is 14.5 Å². The lowest BCUT2D eigenvalue weighted by Crippen LogP contribution is -2.33. The molecule has 2 aliphatic rings. The van der Waals surface area contributed by atoms with Gasteiger partial charge < -0.3 is 19.5 Å². The number of hydrogen-bond donors (Lipinski definition) is 1. The monoisotopic (exact) mass is 521 g/mol. The van der Waals surface area contributed by atoms with Gasteiger partial charge in [0.2, 0.25) is 18.6 Å². The molecule has 5 rings (SSSR count). The van der Waals surface area contributed by atoms with Crippen molar-refractivity contribution in [1.29, 1.82) is 0 Å². The summed E-state index contributed by atoms with van der Waals surface area (Å²) in [6.45, 7) is 2.77. The maximum atomic E-state index is 14.3. The first-order valence-electron chi connectivity index (χ1n) is 11.7. The Balaban J connectivity index is 1.34. The summed E-state index contributed by atoms with van der Waals surface area (Å²) in [5.41, 5.74) is 1.51. The highest BCUT2D eigenvalue weighted by Gasteiger charge is 2.39. The van der Waals surface area contributed by atoms with Crippen molar-refractivity contribution in [3.05, 3.63) is 78.1 Å². The van der Waals surface area contributed by atoms with Gasteiger partial charge in [0, 0.05) is 12.1 Å². The molecule has 0 spiro atoms. The Bertz CT molecular complexity index is 1350. The number of carbonyl (C=O) groups excluding carboxylic acids is 2. The van der Waals surface area contributed by atoms with E-state index in [0.717, 1.165) is 17.3 Å². The summed E-state index contributed by atoms with van der Waals surface area (Å²) in [5.74, 6) is 0.841. The van der Waals surface area contributed by atoms with Crippen LogP contribution in [0.1, 0.15) is 18.9 Å². The number of ether oxygens (including phenoxy) is 3. The second kappa shape index (κ2) is 10.9. The minimum atomic E-state index is -0.706. The fraction of sp³-hybridized carbons (Fsp3) is 0.222. The molecule has 1 saturated heterocycles. The van der Waals surface area contributed by atoms with Crippen LogP contribution in [0.15, 0.2) is 71.7 Å². The van der Waals surface area contributed by atoms with Crippen LogP contribution < -0.4 is 19.5 Å². The van der Waals surface area contributed by atoms with Crippen LogP contribution in [0.3, 0.4) is 0 Å². The van der Waals surface area contributed by atoms with Gasteiger partial charge in [0.25, 0.3) is 0 Å². The smallest absolute Gasteiger partial charge is 0.242 e. The zero-order valence-electron chi connectivity index (χ0n) is 20.0. The van der Waals surface area contributed by atoms with Crippen molar-refractivity contribution in [3.63, 3.8) is 0 Å². The lowest BCUT2D eigenvalue weighted by molar-refractivity contribution is -0.128. The quantitative estimate of drug-likeness (QED) is 0.443. The first-order valence-corrected chi connectivity index (χ1v) is 12.6. The van der Waals surface area contributed by atoms with E-state index < -0.39 is 11.1 Å². The largest absolute Gasteiger partial charge is 0.494 e. The summed E-state index contributed by atoms with van der Waals surface area (Å²) in [5, 5.41) is 2.44. The Labute approximate surface area is 217 Å². The Morgan fingerprint density at radius 3 is 2.70 bits per heavy atom. The highest BCUT2D eigenvalue weighted by Crippen LogP contribution is 2.36. The van der Waals surface area contributed by atoms with Gasteiger partial charge in [-0.05, 0) is 61.0 Å². The first kappa shape index (κ1) is 24.6. The van der Waals surface area contributed by atoms with Gasteiger partial charge in [0.1, 0.15) is 22.5 Å². The number of amides is 2. The highest BCUT2D eigenvalue weighted by atomic mass is 32.2. The number of benzene rings is 3. The number of thioether (sulfide) groups is 1. The van der Waals surface area contributed by atoms with Crippen LogP contribution in [0.25, 0.3) is 0 Å². The van der Waals surface area contributed by atoms with E-state index in [1.807, 2.05) is 13.0 Å². The van der Waals surface area contributed by atoms with Crippen molar-refractivity contribution >= 4 is 40.1 Å². The number of aliphatic imine (C=N–C) groups is 1. The molecular formula is C27H24FN3O5S. The lowest BCUT2D eigenvalue weighted by Gasteiger charge is -2.17. The SMILES string of the molecule is CCOc1ccc(NC(=O)CC2SC(=Nc3ccccc3F)N(Cc3ccc4c(c3)OCO4)C2=O)cc1. The number of amidine groups is 1. The molecule has 37 heavy (non-hydrogen) atoms. The van der Waals surface area contributed by atoms with Crippen LogP contribution in [0.2, 0.25) is 0 Å². The van der Waals surface area contributed by atoms with E-state index in [1.54, 1.807) is 48.5 Å². The average Bonchev–Trinajstić information content (AvgIpc) is 3.47. The third-order valence-electron chi connectivity index (χ3n) is 5.69. The van der Waals surface area contributed by atoms with Gasteiger partial charge in [-0.25, -0.2) is 9.38 Å². The Morgan fingerprint density at radius 2 is 1.92 bits per heavy atom. The Hall–Kier alpha value is -4.05. The molecule has 0 aliphatic carbocycles. The van der Waals surface area contributed by atoms with Gasteiger partial charge in [-0.15, -0.1) is 0 Å². The Morgan fingerprint density at radius 1 is 1.14 bits per heavy atom. The summed E-state index contributed by atoms with van der Waals surface area (Å²) in [4.78, 5) is 32.1. The van der Waals surface area contributed by atoms with E-state index in [0.29, 0.717) is 34.7 Å². The third kappa shape index (κ3) is 5.69. The molecule has 190 valence electrons. The summed E-state index contributed by atoms with van der Waals surface area (Å²) >= 11 is 1.15. The number of fused-ring (bicyclic) bond motifs is 1. The molecule has 2 heterocycles. The molecule has 2 amide bonds. The molecular weight excluding hydrogens is 497 g/mol. The second-order valence-corrected chi connectivity index (χ2v) is 9.44. The maximum Gasteiger partial charge on any atom is 0.242 e. The number of nitrogens with zero attached hydrogens (tertiary/aromatic N) is 2. The van der Waals surface area contributed by atoms with Gasteiger partial charge in [0.15, 0.2) is 16.7 Å². The van der Waals surface area contributed by atoms with Gasteiger partial charge in [0.05, 0.1) is 13.2 Å². The highest BCUT2D eigenvalue weighted by molar-refractivity contribution is 8.15. The topological polar surface area (TPSA) is 89.5 Å². The zero-order chi connectivity index (χ0) is 25.8. The van der Waals surface area contributed by atoms with E-state index in [2.05, 4.69) is 10.3 Å². The van der Waals surface area contributed by atoms with Crippen molar-refractivity contribution in [3.8, 4) is 17.2 Å². The van der Waals surface area contributed by atoms with Crippen LogP contribution in [0, 0.1) is 5.82 Å². The molecule has 1 N–H and O–H groups in total. The molecule has 3 aromatic rings. The number of carbonyl (C=O) groups is 2. The van der Waals surface area contributed by atoms with Crippen molar-refractivity contribution in [2.45, 2.75) is 25.1 Å². The van der Waals surface area contributed by atoms with E-state index in [1.165, 1.54) is 17.0 Å². The Kier molecular flexibility index (Phi) is 7.27. The first-order chi connectivity index (χ1) is 18.0. The molecule has 1 atom stereocenters. The predicted octanol–water partition coefficient (Wildman–Crippen LogP) is 5.11.